The zero-order valence-electron chi connectivity index (χ0n) is 28.7. The Morgan fingerprint density at radius 3 is 1.14 bits per heavy atom. The number of nitrogens with two attached hydrogens (primary N) is 1. The number of halogens is 11. The van der Waals surface area contributed by atoms with Gasteiger partial charge in [-0.2, -0.15) is 26.3 Å². The van der Waals surface area contributed by atoms with Crippen LogP contribution in [0.2, 0.25) is 0 Å². The molecule has 20 heteroatoms. The number of primary sulfonamides is 1. The molecule has 0 amide bonds. The second kappa shape index (κ2) is 18.3. The van der Waals surface area contributed by atoms with Crippen LogP contribution in [0.25, 0.3) is 5.32 Å². The first-order valence-electron chi connectivity index (χ1n) is 15.8. The average molecular weight is 787 g/mol. The van der Waals surface area contributed by atoms with Crippen LogP contribution >= 0.6 is 0 Å². The van der Waals surface area contributed by atoms with Gasteiger partial charge in [-0.15, -0.1) is 0 Å². The summed E-state index contributed by atoms with van der Waals surface area (Å²) in [6, 6.07) is 0. The molecule has 8 bridgehead atoms. The smallest absolute Gasteiger partial charge is 1.00 e. The van der Waals surface area contributed by atoms with Gasteiger partial charge in [0.2, 0.25) is 0 Å². The van der Waals surface area contributed by atoms with Crippen molar-refractivity contribution in [2.24, 2.45) is 40.6 Å². The minimum Gasteiger partial charge on any atom is -1.00 e. The molecule has 8 fully saturated rings. The summed E-state index contributed by atoms with van der Waals surface area (Å²) in [6.07, 6.45) is 8.01. The van der Waals surface area contributed by atoms with E-state index in [1.54, 1.807) is 0 Å². The molecule has 0 spiro atoms. The Hall–Kier alpha value is 1.02. The van der Waals surface area contributed by atoms with Crippen molar-refractivity contribution in [3.8, 4) is 0 Å². The summed E-state index contributed by atoms with van der Waals surface area (Å²) in [5.74, 6) is -2.89. The van der Waals surface area contributed by atoms with E-state index in [0.29, 0.717) is 35.5 Å². The molecule has 0 aliphatic heterocycles. The van der Waals surface area contributed by atoms with Crippen molar-refractivity contribution < 1.29 is 127 Å². The van der Waals surface area contributed by atoms with Crippen LogP contribution in [0.15, 0.2) is 0 Å². The first kappa shape index (κ1) is 49.0. The van der Waals surface area contributed by atoms with Crippen molar-refractivity contribution >= 4 is 10.0 Å². The van der Waals surface area contributed by atoms with Gasteiger partial charge in [0.25, 0.3) is 11.8 Å². The molecular formula is C30H47F11N2Na2O4S. The molecule has 50 heavy (non-hydrogen) atoms. The summed E-state index contributed by atoms with van der Waals surface area (Å²) in [4.78, 5) is 0. The van der Waals surface area contributed by atoms with E-state index in [4.69, 9.17) is 9.47 Å². The van der Waals surface area contributed by atoms with Gasteiger partial charge in [-0.05, 0) is 113 Å². The minimum atomic E-state index is -5.34. The Balaban J connectivity index is 0.000000775. The molecule has 0 aromatic carbocycles. The minimum absolute atomic E-state index is 0. The number of nitrogens with zero attached hydrogens (tertiary/aromatic N) is 1. The zero-order chi connectivity index (χ0) is 35.1. The van der Waals surface area contributed by atoms with Crippen molar-refractivity contribution in [1.82, 2.24) is 0 Å². The molecule has 0 saturated heterocycles. The summed E-state index contributed by atoms with van der Waals surface area (Å²) >= 11 is 0. The second-order valence-corrected chi connectivity index (χ2v) is 16.3. The van der Waals surface area contributed by atoms with Crippen LogP contribution in [0.3, 0.4) is 0 Å². The van der Waals surface area contributed by atoms with Gasteiger partial charge in [0.1, 0.15) is 13.2 Å². The normalized spacial score (nSPS) is 33.9. The van der Waals surface area contributed by atoms with Crippen LogP contribution in [0.5, 0.6) is 0 Å². The van der Waals surface area contributed by atoms with Crippen LogP contribution < -0.4 is 64.3 Å². The number of sulfonamides is 1. The van der Waals surface area contributed by atoms with E-state index in [9.17, 15) is 56.7 Å². The fourth-order valence-electron chi connectivity index (χ4n) is 9.36. The molecule has 0 heterocycles. The molecule has 286 valence electrons. The van der Waals surface area contributed by atoms with Crippen LogP contribution in [0.1, 0.15) is 85.9 Å². The molecule has 8 aliphatic rings. The van der Waals surface area contributed by atoms with Crippen LogP contribution in [0, 0.1) is 35.5 Å². The Labute approximate surface area is 332 Å². The first-order valence-corrected chi connectivity index (χ1v) is 17.3. The Morgan fingerprint density at radius 2 is 0.900 bits per heavy atom. The summed E-state index contributed by atoms with van der Waals surface area (Å²) in [5.41, 5.74) is -6.11. The number of hydrogen-bond donors (Lipinski definition) is 1. The van der Waals surface area contributed by atoms with Crippen molar-refractivity contribution in [3.63, 3.8) is 0 Å². The monoisotopic (exact) mass is 786 g/mol. The van der Waals surface area contributed by atoms with Gasteiger partial charge >= 0.3 is 80.8 Å². The third-order valence-electron chi connectivity index (χ3n) is 10.3. The van der Waals surface area contributed by atoms with Crippen LogP contribution in [-0.4, -0.2) is 76.1 Å². The van der Waals surface area contributed by atoms with Crippen molar-refractivity contribution in [1.29, 1.82) is 0 Å². The van der Waals surface area contributed by atoms with E-state index in [2.05, 4.69) is 10.5 Å². The summed E-state index contributed by atoms with van der Waals surface area (Å²) < 4.78 is 163. The van der Waals surface area contributed by atoms with Gasteiger partial charge in [-0.25, -0.2) is 35.5 Å². The maximum Gasteiger partial charge on any atom is 1.00 e. The summed E-state index contributed by atoms with van der Waals surface area (Å²) in [5, 5.41) is 6.58. The number of hydrogen-bond acceptors (Lipinski definition) is 4. The summed E-state index contributed by atoms with van der Waals surface area (Å²) in [6.45, 7) is -5.83. The Kier molecular flexibility index (Phi) is 18.0. The van der Waals surface area contributed by atoms with Crippen LogP contribution in [0.4, 0.5) is 48.3 Å². The molecular weight excluding hydrogens is 739 g/mol. The van der Waals surface area contributed by atoms with Gasteiger partial charge in [0.15, 0.2) is 6.67 Å². The van der Waals surface area contributed by atoms with E-state index in [1.807, 2.05) is 0 Å². The quantitative estimate of drug-likeness (QED) is 0.273. The van der Waals surface area contributed by atoms with Crippen molar-refractivity contribution in [2.45, 2.75) is 119 Å². The molecule has 0 radical (unpaired) electrons. The maximum absolute atomic E-state index is 13.7. The van der Waals surface area contributed by atoms with Gasteiger partial charge in [0, 0.05) is 0 Å². The first-order chi connectivity index (χ1) is 21.4. The molecule has 6 nitrogen and oxygen atoms in total. The molecule has 0 aromatic rings. The third kappa shape index (κ3) is 14.3. The molecule has 8 rings (SSSR count). The van der Waals surface area contributed by atoms with Crippen molar-refractivity contribution in [3.05, 3.63) is 5.32 Å². The van der Waals surface area contributed by atoms with E-state index >= 15 is 0 Å². The number of alkyl halides is 11. The van der Waals surface area contributed by atoms with Crippen LogP contribution in [-0.2, 0) is 19.5 Å². The Morgan fingerprint density at radius 1 is 0.620 bits per heavy atom. The van der Waals surface area contributed by atoms with Gasteiger partial charge in [0.05, 0.1) is 11.2 Å². The predicted molar refractivity (Wildman–Crippen MR) is 156 cm³/mol. The van der Waals surface area contributed by atoms with E-state index in [0.717, 1.165) is 38.5 Å². The van der Waals surface area contributed by atoms with E-state index in [-0.39, 0.29) is 73.6 Å². The van der Waals surface area contributed by atoms with Crippen molar-refractivity contribution in [2.75, 3.05) is 33.0 Å². The number of rotatable bonds is 10. The fourth-order valence-corrected chi connectivity index (χ4v) is 9.36. The molecule has 8 aliphatic carbocycles. The molecule has 0 atom stereocenters. The van der Waals surface area contributed by atoms with E-state index < -0.39 is 72.1 Å². The Bertz CT molecular complexity index is 1110. The summed E-state index contributed by atoms with van der Waals surface area (Å²) in [7, 11) is -5.34. The topological polar surface area (TPSA) is 92.7 Å². The predicted octanol–water partition coefficient (Wildman–Crippen LogP) is 2.67. The maximum atomic E-state index is 13.7. The fraction of sp³-hybridized carbons (Fsp3) is 1.00. The van der Waals surface area contributed by atoms with Gasteiger partial charge in [-0.1, -0.05) is 20.5 Å². The number of ether oxygens (including phenoxy) is 2. The molecule has 2 N–H and O–H groups in total. The zero-order valence-corrected chi connectivity index (χ0v) is 32.5. The molecule has 8 saturated carbocycles. The average Bonchev–Trinajstić information content (AvgIpc) is 2.89. The molecule has 0 unspecified atom stereocenters. The largest absolute Gasteiger partial charge is 1.00 e. The van der Waals surface area contributed by atoms with E-state index in [1.165, 1.54) is 38.5 Å². The second-order valence-electron chi connectivity index (χ2n) is 14.8. The molecule has 0 aromatic heterocycles. The SMILES string of the molecule is C.FC(F)(F)C[N-]CC(F)(F)COC12CC3CC(CC(C3)C1)C2.FCC(F)(F)COC12CC3CC(CC(C3)C1)C2.NS(=O)(=O)C(F)(F)F.[H-].[Na+].[Na+]. The van der Waals surface area contributed by atoms with Gasteiger partial charge < -0.3 is 16.2 Å². The standard InChI is InChI=1S/C15H21F5NO.C13H19F3O.CH2F3NO2S.CH4.2Na.H/c16-14(17,7-21-8-15(18,19)20)9-22-13-4-10-1-11(5-13)3-12(2-10)6-13;14-7-13(15,16)8-17-12-4-9-1-10(5-12)3-11(2-9)6-12;2-1(3,4)8(5,6)7;;;;/h10-12H,1-9H2;9-11H,1-8H2;(H2,5,6,7);1H4;;;/q-1;;;;2*+1;-1. The van der Waals surface area contributed by atoms with Gasteiger partial charge in [-0.3, -0.25) is 0 Å². The third-order valence-corrected chi connectivity index (χ3v) is 10.9.